The average Bonchev–Trinajstić information content (AvgIpc) is 2.85. The van der Waals surface area contributed by atoms with Gasteiger partial charge >= 0.3 is 5.97 Å². The van der Waals surface area contributed by atoms with E-state index in [0.717, 1.165) is 0 Å². The monoisotopic (exact) mass is 280 g/mol. The quantitative estimate of drug-likeness (QED) is 0.621. The zero-order chi connectivity index (χ0) is 14.7. The van der Waals surface area contributed by atoms with Gasteiger partial charge in [-0.15, -0.1) is 0 Å². The maximum Gasteiger partial charge on any atom is 0.337 e. The Morgan fingerprint density at radius 2 is 2.20 bits per heavy atom. The summed E-state index contributed by atoms with van der Waals surface area (Å²) in [6, 6.07) is 3.80. The number of benzene rings is 1. The number of hydrogen-bond acceptors (Lipinski definition) is 5. The molecular weight excluding hydrogens is 264 g/mol. The highest BCUT2D eigenvalue weighted by molar-refractivity contribution is 6.02. The first-order chi connectivity index (χ1) is 9.51. The van der Waals surface area contributed by atoms with Crippen LogP contribution in [0, 0.1) is 0 Å². The van der Waals surface area contributed by atoms with Crippen LogP contribution in [-0.4, -0.2) is 47.9 Å². The number of nitrogens with one attached hydrogen (secondary N) is 2. The van der Waals surface area contributed by atoms with Crippen molar-refractivity contribution in [3.63, 3.8) is 0 Å². The minimum atomic E-state index is -1.14. The van der Waals surface area contributed by atoms with E-state index >= 15 is 0 Å². The molecule has 1 aliphatic rings. The van der Waals surface area contributed by atoms with Crippen LogP contribution in [0.15, 0.2) is 18.2 Å². The fraction of sp³-hybridized carbons (Fsp3) is 0.385. The molecule has 0 aliphatic carbocycles. The van der Waals surface area contributed by atoms with Gasteiger partial charge in [0.15, 0.2) is 0 Å². The molecule has 1 heterocycles. The molecule has 0 bridgehead atoms. The first-order valence-corrected chi connectivity index (χ1v) is 6.15. The highest BCUT2D eigenvalue weighted by Crippen LogP contribution is 2.23. The molecule has 108 valence electrons. The Morgan fingerprint density at radius 3 is 2.75 bits per heavy atom. The van der Waals surface area contributed by atoms with Crippen LogP contribution in [0.3, 0.4) is 0 Å². The predicted molar refractivity (Wildman–Crippen MR) is 71.0 cm³/mol. The zero-order valence-electron chi connectivity index (χ0n) is 10.9. The number of aliphatic hydroxyl groups is 1. The van der Waals surface area contributed by atoms with Gasteiger partial charge in [-0.25, -0.2) is 4.79 Å². The third-order valence-corrected chi connectivity index (χ3v) is 3.14. The number of carboxylic acids is 1. The van der Waals surface area contributed by atoms with Gasteiger partial charge in [-0.2, -0.15) is 0 Å². The number of hydrogen-bond donors (Lipinski definition) is 4. The van der Waals surface area contributed by atoms with Crippen molar-refractivity contribution in [1.82, 2.24) is 5.32 Å². The fourth-order valence-corrected chi connectivity index (χ4v) is 2.08. The number of methoxy groups -OCH3 is 1. The molecule has 0 saturated carbocycles. The van der Waals surface area contributed by atoms with E-state index in [2.05, 4.69) is 10.6 Å². The van der Waals surface area contributed by atoms with Crippen molar-refractivity contribution >= 4 is 17.6 Å². The first kappa shape index (κ1) is 14.3. The SMILES string of the molecule is COc1ccc(C(=O)O)c(NC(=O)C2CC(O)CN2)c1. The number of ether oxygens (including phenoxy) is 1. The van der Waals surface area contributed by atoms with Gasteiger partial charge in [-0.1, -0.05) is 0 Å². The van der Waals surface area contributed by atoms with E-state index < -0.39 is 18.1 Å². The molecule has 7 nitrogen and oxygen atoms in total. The third-order valence-electron chi connectivity index (χ3n) is 3.14. The van der Waals surface area contributed by atoms with Gasteiger partial charge in [-0.05, 0) is 18.6 Å². The van der Waals surface area contributed by atoms with Crippen LogP contribution < -0.4 is 15.4 Å². The van der Waals surface area contributed by atoms with E-state index in [1.165, 1.54) is 25.3 Å². The number of aliphatic hydroxyl groups excluding tert-OH is 1. The van der Waals surface area contributed by atoms with Gasteiger partial charge in [0.1, 0.15) is 5.75 Å². The summed E-state index contributed by atoms with van der Waals surface area (Å²) in [4.78, 5) is 23.1. The van der Waals surface area contributed by atoms with Crippen molar-refractivity contribution in [3.8, 4) is 5.75 Å². The lowest BCUT2D eigenvalue weighted by Crippen LogP contribution is -2.35. The van der Waals surface area contributed by atoms with Gasteiger partial charge in [0.25, 0.3) is 0 Å². The third kappa shape index (κ3) is 3.06. The Morgan fingerprint density at radius 1 is 1.45 bits per heavy atom. The van der Waals surface area contributed by atoms with Crippen LogP contribution >= 0.6 is 0 Å². The minimum Gasteiger partial charge on any atom is -0.497 e. The second-order valence-corrected chi connectivity index (χ2v) is 4.56. The molecule has 7 heteroatoms. The van der Waals surface area contributed by atoms with E-state index in [0.29, 0.717) is 18.7 Å². The second-order valence-electron chi connectivity index (χ2n) is 4.56. The van der Waals surface area contributed by atoms with Crippen molar-refractivity contribution in [2.75, 3.05) is 19.0 Å². The smallest absolute Gasteiger partial charge is 0.337 e. The topological polar surface area (TPSA) is 108 Å². The standard InChI is InChI=1S/C13H16N2O5/c1-20-8-2-3-9(13(18)19)10(5-8)15-12(17)11-4-7(16)6-14-11/h2-3,5,7,11,14,16H,4,6H2,1H3,(H,15,17)(H,18,19). The van der Waals surface area contributed by atoms with Crippen LogP contribution in [0.2, 0.25) is 0 Å². The molecule has 1 aromatic rings. The molecular formula is C13H16N2O5. The number of aromatic carboxylic acids is 1. The molecule has 0 radical (unpaired) electrons. The summed E-state index contributed by atoms with van der Waals surface area (Å²) >= 11 is 0. The number of carbonyl (C=O) groups excluding carboxylic acids is 1. The highest BCUT2D eigenvalue weighted by Gasteiger charge is 2.28. The Bertz CT molecular complexity index is 531. The number of rotatable bonds is 4. The molecule has 20 heavy (non-hydrogen) atoms. The molecule has 1 amide bonds. The molecule has 1 saturated heterocycles. The van der Waals surface area contributed by atoms with E-state index in [1.807, 2.05) is 0 Å². The molecule has 1 aromatic carbocycles. The summed E-state index contributed by atoms with van der Waals surface area (Å²) in [5, 5.41) is 23.9. The molecule has 4 N–H and O–H groups in total. The van der Waals surface area contributed by atoms with Gasteiger partial charge in [0, 0.05) is 12.6 Å². The Hall–Kier alpha value is -2.12. The molecule has 2 rings (SSSR count). The van der Waals surface area contributed by atoms with Crippen molar-refractivity contribution in [2.24, 2.45) is 0 Å². The number of carbonyl (C=O) groups is 2. The summed E-state index contributed by atoms with van der Waals surface area (Å²) in [7, 11) is 1.45. The summed E-state index contributed by atoms with van der Waals surface area (Å²) < 4.78 is 5.01. The number of amides is 1. The summed E-state index contributed by atoms with van der Waals surface area (Å²) in [5.41, 5.74) is 0.155. The molecule has 1 fully saturated rings. The van der Waals surface area contributed by atoms with Crippen LogP contribution in [0.1, 0.15) is 16.8 Å². The van der Waals surface area contributed by atoms with E-state index in [4.69, 9.17) is 9.84 Å². The molecule has 2 atom stereocenters. The van der Waals surface area contributed by atoms with Gasteiger partial charge in [0.05, 0.1) is 30.5 Å². The lowest BCUT2D eigenvalue weighted by Gasteiger charge is -2.13. The Labute approximate surface area is 115 Å². The van der Waals surface area contributed by atoms with E-state index in [1.54, 1.807) is 0 Å². The first-order valence-electron chi connectivity index (χ1n) is 6.15. The maximum atomic E-state index is 12.0. The van der Waals surface area contributed by atoms with Crippen molar-refractivity contribution < 1.29 is 24.5 Å². The predicted octanol–water partition coefficient (Wildman–Crippen LogP) is 0.0547. The summed E-state index contributed by atoms with van der Waals surface area (Å²) in [6.45, 7) is 0.349. The van der Waals surface area contributed by atoms with Gasteiger partial charge in [-0.3, -0.25) is 4.79 Å². The van der Waals surface area contributed by atoms with Crippen molar-refractivity contribution in [1.29, 1.82) is 0 Å². The molecule has 2 unspecified atom stereocenters. The van der Waals surface area contributed by atoms with Crippen LogP contribution in [0.5, 0.6) is 5.75 Å². The van der Waals surface area contributed by atoms with Crippen molar-refractivity contribution in [3.05, 3.63) is 23.8 Å². The van der Waals surface area contributed by atoms with E-state index in [9.17, 15) is 14.7 Å². The van der Waals surface area contributed by atoms with Crippen LogP contribution in [0.25, 0.3) is 0 Å². The van der Waals surface area contributed by atoms with Gasteiger partial charge < -0.3 is 25.6 Å². The van der Waals surface area contributed by atoms with E-state index in [-0.39, 0.29) is 17.2 Å². The average molecular weight is 280 g/mol. The minimum absolute atomic E-state index is 0.0160. The molecule has 1 aliphatic heterocycles. The second kappa shape index (κ2) is 5.89. The number of β-amino-alcohol motifs (C(OH)–C–C–N with tert-alkyl or cyclic N) is 1. The zero-order valence-corrected chi connectivity index (χ0v) is 10.9. The Kier molecular flexibility index (Phi) is 4.21. The highest BCUT2D eigenvalue weighted by atomic mass is 16.5. The fourth-order valence-electron chi connectivity index (χ4n) is 2.08. The summed E-state index contributed by atoms with van der Waals surface area (Å²) in [6.07, 6.45) is -0.256. The van der Waals surface area contributed by atoms with Crippen LogP contribution in [-0.2, 0) is 4.79 Å². The maximum absolute atomic E-state index is 12.0. The normalized spacial score (nSPS) is 21.5. The largest absolute Gasteiger partial charge is 0.497 e. The van der Waals surface area contributed by atoms with Crippen LogP contribution in [0.4, 0.5) is 5.69 Å². The molecule has 0 aromatic heterocycles. The Balaban J connectivity index is 2.18. The van der Waals surface area contributed by atoms with Gasteiger partial charge in [0.2, 0.25) is 5.91 Å². The number of anilines is 1. The lowest BCUT2D eigenvalue weighted by atomic mass is 10.1. The van der Waals surface area contributed by atoms with Crippen molar-refractivity contribution in [2.45, 2.75) is 18.6 Å². The lowest BCUT2D eigenvalue weighted by molar-refractivity contribution is -0.117. The summed E-state index contributed by atoms with van der Waals surface area (Å²) in [5.74, 6) is -1.07. The number of carboxylic acid groups (broad SMARTS) is 1. The molecule has 0 spiro atoms.